The van der Waals surface area contributed by atoms with Crippen LogP contribution in [-0.2, 0) is 10.2 Å². The third kappa shape index (κ3) is 6.48. The minimum absolute atomic E-state index is 0.0508. The summed E-state index contributed by atoms with van der Waals surface area (Å²) in [7, 11) is 0. The van der Waals surface area contributed by atoms with Gasteiger partial charge >= 0.3 is 0 Å². The van der Waals surface area contributed by atoms with Crippen LogP contribution in [0.1, 0.15) is 58.4 Å². The number of hydrogen-bond acceptors (Lipinski definition) is 4. The van der Waals surface area contributed by atoms with E-state index in [0.29, 0.717) is 11.6 Å². The van der Waals surface area contributed by atoms with Crippen LogP contribution in [0.25, 0.3) is 11.3 Å². The highest BCUT2D eigenvalue weighted by Crippen LogP contribution is 2.28. The first-order valence-corrected chi connectivity index (χ1v) is 10.4. The molecule has 0 radical (unpaired) electrons. The van der Waals surface area contributed by atoms with Gasteiger partial charge in [0.2, 0.25) is 5.91 Å². The Bertz CT molecular complexity index is 672. The molecule has 0 saturated heterocycles. The van der Waals surface area contributed by atoms with E-state index in [1.807, 2.05) is 5.38 Å². The van der Waals surface area contributed by atoms with Crippen LogP contribution >= 0.6 is 24.0 Å². The fraction of sp³-hybridized carbons (Fsp3) is 0.500. The van der Waals surface area contributed by atoms with E-state index in [9.17, 15) is 4.79 Å². The molecule has 1 aromatic carbocycles. The maximum absolute atomic E-state index is 12.0. The highest BCUT2D eigenvalue weighted by atomic mass is 32.1. The quantitative estimate of drug-likeness (QED) is 0.443. The van der Waals surface area contributed by atoms with Crippen molar-refractivity contribution in [3.63, 3.8) is 0 Å². The summed E-state index contributed by atoms with van der Waals surface area (Å²) in [5.74, 6) is 0.972. The number of thiol groups is 1. The normalized spacial score (nSPS) is 11.5. The van der Waals surface area contributed by atoms with Gasteiger partial charge in [-0.15, -0.1) is 11.3 Å². The van der Waals surface area contributed by atoms with Crippen molar-refractivity contribution in [2.24, 2.45) is 0 Å². The molecule has 0 spiro atoms. The maximum Gasteiger partial charge on any atom is 0.226 e. The Balaban J connectivity index is 1.88. The van der Waals surface area contributed by atoms with Crippen molar-refractivity contribution in [1.82, 2.24) is 4.98 Å². The molecule has 0 unspecified atom stereocenters. The van der Waals surface area contributed by atoms with E-state index in [1.165, 1.54) is 16.9 Å². The van der Waals surface area contributed by atoms with E-state index >= 15 is 0 Å². The number of anilines is 1. The average Bonchev–Trinajstić information content (AvgIpc) is 3.02. The van der Waals surface area contributed by atoms with Crippen molar-refractivity contribution >= 4 is 35.0 Å². The van der Waals surface area contributed by atoms with E-state index in [2.05, 4.69) is 68.0 Å². The molecule has 0 aliphatic heterocycles. The molecule has 0 aliphatic carbocycles. The molecule has 136 valence electrons. The zero-order valence-electron chi connectivity index (χ0n) is 15.3. The zero-order valence-corrected chi connectivity index (χ0v) is 17.1. The molecule has 0 atom stereocenters. The van der Waals surface area contributed by atoms with E-state index in [1.54, 1.807) is 0 Å². The lowest BCUT2D eigenvalue weighted by atomic mass is 9.86. The predicted molar refractivity (Wildman–Crippen MR) is 112 cm³/mol. The first-order chi connectivity index (χ1) is 11.9. The van der Waals surface area contributed by atoms with Crippen LogP contribution < -0.4 is 5.32 Å². The highest BCUT2D eigenvalue weighted by molar-refractivity contribution is 7.80. The van der Waals surface area contributed by atoms with Crippen LogP contribution in [0.2, 0.25) is 0 Å². The van der Waals surface area contributed by atoms with Crippen molar-refractivity contribution in [3.8, 4) is 11.3 Å². The highest BCUT2D eigenvalue weighted by Gasteiger charge is 2.14. The molecule has 25 heavy (non-hydrogen) atoms. The zero-order chi connectivity index (χ0) is 18.3. The van der Waals surface area contributed by atoms with Gasteiger partial charge in [-0.25, -0.2) is 4.98 Å². The number of rotatable bonds is 8. The van der Waals surface area contributed by atoms with Gasteiger partial charge < -0.3 is 5.32 Å². The van der Waals surface area contributed by atoms with Crippen molar-refractivity contribution < 1.29 is 4.79 Å². The van der Waals surface area contributed by atoms with E-state index < -0.39 is 0 Å². The second-order valence-electron chi connectivity index (χ2n) is 7.30. The Morgan fingerprint density at radius 2 is 1.80 bits per heavy atom. The number of benzene rings is 1. The molecule has 5 heteroatoms. The number of aromatic nitrogens is 1. The average molecular weight is 377 g/mol. The molecule has 2 rings (SSSR count). The Morgan fingerprint density at radius 3 is 2.44 bits per heavy atom. The molecule has 0 bridgehead atoms. The number of amides is 1. The van der Waals surface area contributed by atoms with Gasteiger partial charge in [-0.2, -0.15) is 12.6 Å². The first-order valence-electron chi connectivity index (χ1n) is 8.87. The SMILES string of the molecule is CC(C)(C)c1ccc(-c2csc(NC(=O)CCCCCCS)n2)cc1. The standard InChI is InChI=1S/C20H28N2OS2/c1-20(2,3)16-11-9-15(10-12-16)17-14-25-19(21-17)22-18(23)8-6-4-5-7-13-24/h9-12,14,24H,4-8,13H2,1-3H3,(H,21,22,23). The van der Waals surface area contributed by atoms with E-state index in [0.717, 1.165) is 42.7 Å². The molecule has 0 aliphatic rings. The molecule has 0 fully saturated rings. The fourth-order valence-electron chi connectivity index (χ4n) is 2.54. The van der Waals surface area contributed by atoms with Crippen LogP contribution in [-0.4, -0.2) is 16.6 Å². The van der Waals surface area contributed by atoms with E-state index in [4.69, 9.17) is 0 Å². The third-order valence-electron chi connectivity index (χ3n) is 4.11. The second-order valence-corrected chi connectivity index (χ2v) is 8.61. The number of nitrogens with one attached hydrogen (secondary N) is 1. The Kier molecular flexibility index (Phi) is 7.51. The largest absolute Gasteiger partial charge is 0.302 e. The van der Waals surface area contributed by atoms with E-state index in [-0.39, 0.29) is 11.3 Å². The first kappa shape index (κ1) is 20.0. The molecule has 1 amide bonds. The van der Waals surface area contributed by atoms with Gasteiger partial charge in [-0.05, 0) is 29.6 Å². The number of carbonyl (C=O) groups excluding carboxylic acids is 1. The number of thiazole rings is 1. The van der Waals surface area contributed by atoms with Gasteiger partial charge in [-0.1, -0.05) is 57.9 Å². The maximum atomic E-state index is 12.0. The van der Waals surface area contributed by atoms with Crippen LogP contribution in [0.4, 0.5) is 5.13 Å². The van der Waals surface area contributed by atoms with Gasteiger partial charge in [0, 0.05) is 17.4 Å². The summed E-state index contributed by atoms with van der Waals surface area (Å²) < 4.78 is 0. The number of hydrogen-bond donors (Lipinski definition) is 2. The molecule has 1 N–H and O–H groups in total. The van der Waals surface area contributed by atoms with Crippen LogP contribution in [0.3, 0.4) is 0 Å². The fourth-order valence-corrected chi connectivity index (χ4v) is 3.50. The summed E-state index contributed by atoms with van der Waals surface area (Å²) in [5.41, 5.74) is 3.44. The summed E-state index contributed by atoms with van der Waals surface area (Å²) >= 11 is 5.67. The smallest absolute Gasteiger partial charge is 0.226 e. The molecule has 3 nitrogen and oxygen atoms in total. The Hall–Kier alpha value is -1.33. The third-order valence-corrected chi connectivity index (χ3v) is 5.18. The molecule has 1 aromatic heterocycles. The van der Waals surface area contributed by atoms with Gasteiger partial charge in [0.25, 0.3) is 0 Å². The van der Waals surface area contributed by atoms with Crippen molar-refractivity contribution in [2.45, 2.75) is 58.3 Å². The molecular weight excluding hydrogens is 348 g/mol. The van der Waals surface area contributed by atoms with Gasteiger partial charge in [-0.3, -0.25) is 4.79 Å². The predicted octanol–water partition coefficient (Wildman–Crippen LogP) is 5.93. The van der Waals surface area contributed by atoms with Crippen LogP contribution in [0, 0.1) is 0 Å². The molecule has 1 heterocycles. The molecule has 2 aromatic rings. The van der Waals surface area contributed by atoms with Gasteiger partial charge in [0.15, 0.2) is 5.13 Å². The molecule has 0 saturated carbocycles. The monoisotopic (exact) mass is 376 g/mol. The lowest BCUT2D eigenvalue weighted by Crippen LogP contribution is -2.11. The minimum atomic E-state index is 0.0508. The number of nitrogens with zero attached hydrogens (tertiary/aromatic N) is 1. The van der Waals surface area contributed by atoms with Gasteiger partial charge in [0.1, 0.15) is 0 Å². The van der Waals surface area contributed by atoms with Crippen LogP contribution in [0.15, 0.2) is 29.6 Å². The number of carbonyl (C=O) groups is 1. The lowest BCUT2D eigenvalue weighted by Gasteiger charge is -2.18. The lowest BCUT2D eigenvalue weighted by molar-refractivity contribution is -0.116. The van der Waals surface area contributed by atoms with Crippen molar-refractivity contribution in [1.29, 1.82) is 0 Å². The Labute approximate surface area is 160 Å². The summed E-state index contributed by atoms with van der Waals surface area (Å²) in [5, 5.41) is 5.58. The second kappa shape index (κ2) is 9.39. The molecular formula is C20H28N2OS2. The van der Waals surface area contributed by atoms with Crippen molar-refractivity contribution in [2.75, 3.05) is 11.1 Å². The number of unbranched alkanes of at least 4 members (excludes halogenated alkanes) is 3. The Morgan fingerprint density at radius 1 is 1.12 bits per heavy atom. The summed E-state index contributed by atoms with van der Waals surface area (Å²) in [6.07, 6.45) is 4.82. The van der Waals surface area contributed by atoms with Crippen molar-refractivity contribution in [3.05, 3.63) is 35.2 Å². The van der Waals surface area contributed by atoms with Gasteiger partial charge in [0.05, 0.1) is 5.69 Å². The topological polar surface area (TPSA) is 42.0 Å². The van der Waals surface area contributed by atoms with Crippen LogP contribution in [0.5, 0.6) is 0 Å². The summed E-state index contributed by atoms with van der Waals surface area (Å²) in [4.78, 5) is 16.5. The summed E-state index contributed by atoms with van der Waals surface area (Å²) in [6.45, 7) is 6.62. The minimum Gasteiger partial charge on any atom is -0.302 e. The summed E-state index contributed by atoms with van der Waals surface area (Å²) in [6, 6.07) is 8.50.